The van der Waals surface area contributed by atoms with Gasteiger partial charge in [0.1, 0.15) is 0 Å². The monoisotopic (exact) mass is 224 g/mol. The van der Waals surface area contributed by atoms with Crippen LogP contribution in [0.1, 0.15) is 12.8 Å². The average molecular weight is 225 g/mol. The topological polar surface area (TPSA) is 46.5 Å². The van der Waals surface area contributed by atoms with E-state index < -0.39 is 5.97 Å². The zero-order chi connectivity index (χ0) is 7.82. The summed E-state index contributed by atoms with van der Waals surface area (Å²) in [5.41, 5.74) is 0. The van der Waals surface area contributed by atoms with Crippen molar-refractivity contribution in [2.75, 3.05) is 13.2 Å². The summed E-state index contributed by atoms with van der Waals surface area (Å²) in [7, 11) is 0. The average Bonchev–Trinajstić information content (AvgIpc) is 1.98. The van der Waals surface area contributed by atoms with Crippen LogP contribution in [0.2, 0.25) is 0 Å². The van der Waals surface area contributed by atoms with Crippen molar-refractivity contribution >= 4 is 23.0 Å². The lowest BCUT2D eigenvalue weighted by Crippen LogP contribution is -2.02. The minimum absolute atomic E-state index is 0. The zero-order valence-electron chi connectivity index (χ0n) is 6.28. The van der Waals surface area contributed by atoms with Gasteiger partial charge >= 0.3 is 5.97 Å². The zero-order valence-corrected chi connectivity index (χ0v) is 8.00. The minimum atomic E-state index is -0.405. The van der Waals surface area contributed by atoms with Gasteiger partial charge in [-0.25, -0.2) is 4.79 Å². The summed E-state index contributed by atoms with van der Waals surface area (Å²) in [5, 5.41) is 8.33. The van der Waals surface area contributed by atoms with Crippen molar-refractivity contribution < 1.29 is 14.6 Å². The maximum Gasteiger partial charge on any atom is 0.330 e. The quantitative estimate of drug-likeness (QED) is 0.432. The second kappa shape index (κ2) is 9.65. The van der Waals surface area contributed by atoms with E-state index in [9.17, 15) is 4.79 Å². The summed E-state index contributed by atoms with van der Waals surface area (Å²) in [6, 6.07) is 0. The second-order valence-electron chi connectivity index (χ2n) is 1.80. The molecule has 0 aromatic carbocycles. The molecule has 0 unspecified atom stereocenters. The van der Waals surface area contributed by atoms with E-state index in [1.165, 1.54) is 0 Å². The Morgan fingerprint density at radius 3 is 2.64 bits per heavy atom. The Bertz CT molecular complexity index is 114. The second-order valence-corrected chi connectivity index (χ2v) is 1.80. The van der Waals surface area contributed by atoms with E-state index >= 15 is 0 Å². The summed E-state index contributed by atoms with van der Waals surface area (Å²) in [6.07, 6.45) is 2.50. The van der Waals surface area contributed by atoms with Crippen LogP contribution >= 0.6 is 17.0 Å². The number of esters is 1. The fourth-order valence-electron chi connectivity index (χ4n) is 0.446. The molecule has 0 atom stereocenters. The SMILES string of the molecule is Br.C=CC(=O)OCCCCO. The van der Waals surface area contributed by atoms with Crippen molar-refractivity contribution in [2.24, 2.45) is 0 Å². The van der Waals surface area contributed by atoms with E-state index in [0.29, 0.717) is 19.4 Å². The molecule has 0 fully saturated rings. The molecule has 3 nitrogen and oxygen atoms in total. The number of halogens is 1. The number of rotatable bonds is 5. The van der Waals surface area contributed by atoms with Gasteiger partial charge in [0.2, 0.25) is 0 Å². The highest BCUT2D eigenvalue weighted by atomic mass is 79.9. The van der Waals surface area contributed by atoms with E-state index in [-0.39, 0.29) is 23.6 Å². The molecule has 0 amide bonds. The highest BCUT2D eigenvalue weighted by molar-refractivity contribution is 8.93. The van der Waals surface area contributed by atoms with Crippen LogP contribution in [0.5, 0.6) is 0 Å². The van der Waals surface area contributed by atoms with E-state index in [1.807, 2.05) is 0 Å². The van der Waals surface area contributed by atoms with Crippen molar-refractivity contribution in [3.63, 3.8) is 0 Å². The Balaban J connectivity index is 0. The number of carbonyl (C=O) groups excluding carboxylic acids is 1. The first kappa shape index (κ1) is 13.3. The molecule has 0 saturated carbocycles. The van der Waals surface area contributed by atoms with E-state index in [4.69, 9.17) is 5.11 Å². The normalized spacial score (nSPS) is 8.09. The van der Waals surface area contributed by atoms with Gasteiger partial charge in [0.25, 0.3) is 0 Å². The van der Waals surface area contributed by atoms with Crippen molar-refractivity contribution in [3.8, 4) is 0 Å². The highest BCUT2D eigenvalue weighted by Crippen LogP contribution is 1.88. The Hall–Kier alpha value is -0.350. The maximum atomic E-state index is 10.4. The molecule has 0 aliphatic heterocycles. The van der Waals surface area contributed by atoms with Crippen LogP contribution in [0.3, 0.4) is 0 Å². The molecular weight excluding hydrogens is 212 g/mol. The lowest BCUT2D eigenvalue weighted by atomic mass is 10.3. The van der Waals surface area contributed by atoms with Crippen LogP contribution in [0.25, 0.3) is 0 Å². The van der Waals surface area contributed by atoms with Gasteiger partial charge in [-0.3, -0.25) is 0 Å². The number of hydrogen-bond donors (Lipinski definition) is 1. The standard InChI is InChI=1S/C7H12O3.BrH/c1-2-7(9)10-6-4-3-5-8;/h2,8H,1,3-6H2;1H. The summed E-state index contributed by atoms with van der Waals surface area (Å²) in [5.74, 6) is -0.405. The first-order valence-electron chi connectivity index (χ1n) is 3.21. The maximum absolute atomic E-state index is 10.4. The number of aliphatic hydroxyl groups is 1. The van der Waals surface area contributed by atoms with Gasteiger partial charge in [0.15, 0.2) is 0 Å². The Morgan fingerprint density at radius 1 is 1.55 bits per heavy atom. The third-order valence-electron chi connectivity index (χ3n) is 0.963. The molecule has 0 aliphatic carbocycles. The lowest BCUT2D eigenvalue weighted by molar-refractivity contribution is -0.137. The predicted molar refractivity (Wildman–Crippen MR) is 47.8 cm³/mol. The fourth-order valence-corrected chi connectivity index (χ4v) is 0.446. The Kier molecular flexibility index (Phi) is 11.6. The number of aliphatic hydroxyl groups excluding tert-OH is 1. The van der Waals surface area contributed by atoms with Crippen LogP contribution in [0.15, 0.2) is 12.7 Å². The molecule has 0 radical (unpaired) electrons. The van der Waals surface area contributed by atoms with Crippen molar-refractivity contribution in [3.05, 3.63) is 12.7 Å². The van der Waals surface area contributed by atoms with Gasteiger partial charge in [-0.05, 0) is 12.8 Å². The van der Waals surface area contributed by atoms with Gasteiger partial charge in [-0.2, -0.15) is 0 Å². The van der Waals surface area contributed by atoms with Gasteiger partial charge in [-0.1, -0.05) is 6.58 Å². The number of ether oxygens (including phenoxy) is 1. The smallest absolute Gasteiger partial charge is 0.330 e. The van der Waals surface area contributed by atoms with E-state index in [2.05, 4.69) is 11.3 Å². The molecule has 0 rings (SSSR count). The molecule has 0 aliphatic rings. The van der Waals surface area contributed by atoms with Crippen molar-refractivity contribution in [1.29, 1.82) is 0 Å². The van der Waals surface area contributed by atoms with Crippen LogP contribution < -0.4 is 0 Å². The van der Waals surface area contributed by atoms with Crippen LogP contribution in [0.4, 0.5) is 0 Å². The molecule has 0 bridgehead atoms. The largest absolute Gasteiger partial charge is 0.463 e. The highest BCUT2D eigenvalue weighted by Gasteiger charge is 1.92. The van der Waals surface area contributed by atoms with Crippen molar-refractivity contribution in [1.82, 2.24) is 0 Å². The molecule has 66 valence electrons. The molecule has 0 aromatic rings. The molecule has 11 heavy (non-hydrogen) atoms. The summed E-state index contributed by atoms with van der Waals surface area (Å²) < 4.78 is 4.63. The van der Waals surface area contributed by atoms with Gasteiger partial charge in [0, 0.05) is 12.7 Å². The van der Waals surface area contributed by atoms with Crippen LogP contribution in [0, 0.1) is 0 Å². The molecule has 0 aromatic heterocycles. The lowest BCUT2D eigenvalue weighted by Gasteiger charge is -1.98. The van der Waals surface area contributed by atoms with Gasteiger partial charge in [0.05, 0.1) is 6.61 Å². The Labute approximate surface area is 76.8 Å². The number of carbonyl (C=O) groups is 1. The van der Waals surface area contributed by atoms with Gasteiger partial charge < -0.3 is 9.84 Å². The number of hydrogen-bond acceptors (Lipinski definition) is 3. The molecular formula is C7H13BrO3. The van der Waals surface area contributed by atoms with E-state index in [1.54, 1.807) is 0 Å². The van der Waals surface area contributed by atoms with Crippen LogP contribution in [-0.2, 0) is 9.53 Å². The van der Waals surface area contributed by atoms with Gasteiger partial charge in [-0.15, -0.1) is 17.0 Å². The first-order chi connectivity index (χ1) is 4.81. The third kappa shape index (κ3) is 9.65. The molecule has 0 spiro atoms. The molecule has 1 N–H and O–H groups in total. The predicted octanol–water partition coefficient (Wildman–Crippen LogP) is 1.07. The third-order valence-corrected chi connectivity index (χ3v) is 0.963. The number of unbranched alkanes of at least 4 members (excludes halogenated alkanes) is 1. The minimum Gasteiger partial charge on any atom is -0.463 e. The van der Waals surface area contributed by atoms with Crippen LogP contribution in [-0.4, -0.2) is 24.3 Å². The molecule has 0 heterocycles. The van der Waals surface area contributed by atoms with Crippen molar-refractivity contribution in [2.45, 2.75) is 12.8 Å². The first-order valence-corrected chi connectivity index (χ1v) is 3.21. The summed E-state index contributed by atoms with van der Waals surface area (Å²) in [6.45, 7) is 3.75. The fraction of sp³-hybridized carbons (Fsp3) is 0.571. The summed E-state index contributed by atoms with van der Waals surface area (Å²) >= 11 is 0. The summed E-state index contributed by atoms with van der Waals surface area (Å²) in [4.78, 5) is 10.4. The molecule has 0 saturated heterocycles. The Morgan fingerprint density at radius 2 is 2.18 bits per heavy atom. The molecule has 4 heteroatoms. The van der Waals surface area contributed by atoms with E-state index in [0.717, 1.165) is 6.08 Å².